The van der Waals surface area contributed by atoms with Crippen LogP contribution in [0.3, 0.4) is 0 Å². The van der Waals surface area contributed by atoms with Gasteiger partial charge in [0.1, 0.15) is 17.4 Å². The van der Waals surface area contributed by atoms with Gasteiger partial charge in [0.05, 0.1) is 12.5 Å². The Morgan fingerprint density at radius 2 is 1.57 bits per heavy atom. The highest BCUT2D eigenvalue weighted by atomic mass is 19.1. The van der Waals surface area contributed by atoms with Crippen LogP contribution >= 0.6 is 0 Å². The molecule has 2 atom stereocenters. The van der Waals surface area contributed by atoms with E-state index in [-0.39, 0.29) is 24.4 Å². The number of amides is 4. The number of aliphatic carboxylic acids is 1. The molecule has 1 aliphatic rings. The van der Waals surface area contributed by atoms with Gasteiger partial charge in [-0.25, -0.2) is 14.1 Å². The maximum absolute atomic E-state index is 14.0. The van der Waals surface area contributed by atoms with Crippen molar-refractivity contribution in [2.45, 2.75) is 64.7 Å². The largest absolute Gasteiger partial charge is 0.481 e. The third-order valence-electron chi connectivity index (χ3n) is 7.70. The number of urea groups is 1. The zero-order chi connectivity index (χ0) is 32.0. The van der Waals surface area contributed by atoms with Gasteiger partial charge in [0, 0.05) is 6.54 Å². The van der Waals surface area contributed by atoms with E-state index in [9.17, 15) is 28.7 Å². The second-order valence-electron chi connectivity index (χ2n) is 11.9. The highest BCUT2D eigenvalue weighted by Gasteiger charge is 2.54. The normalized spacial score (nSPS) is 16.0. The van der Waals surface area contributed by atoms with Crippen LogP contribution in [0.4, 0.5) is 9.18 Å². The predicted molar refractivity (Wildman–Crippen MR) is 166 cm³/mol. The van der Waals surface area contributed by atoms with E-state index in [1.165, 1.54) is 23.1 Å². The van der Waals surface area contributed by atoms with Crippen LogP contribution in [0, 0.1) is 11.7 Å². The second kappa shape index (κ2) is 13.7. The maximum atomic E-state index is 14.0. The van der Waals surface area contributed by atoms with Crippen molar-refractivity contribution in [3.8, 4) is 0 Å². The molecule has 1 saturated heterocycles. The van der Waals surface area contributed by atoms with Crippen LogP contribution in [0.2, 0.25) is 0 Å². The first-order valence-corrected chi connectivity index (χ1v) is 14.6. The van der Waals surface area contributed by atoms with Gasteiger partial charge in [-0.15, -0.1) is 0 Å². The average molecular weight is 600 g/mol. The summed E-state index contributed by atoms with van der Waals surface area (Å²) in [5.74, 6) is -3.04. The summed E-state index contributed by atoms with van der Waals surface area (Å²) >= 11 is 0. The van der Waals surface area contributed by atoms with Crippen molar-refractivity contribution >= 4 is 36.0 Å². The predicted octanol–water partition coefficient (Wildman–Crippen LogP) is 6.29. The molecule has 0 spiro atoms. The summed E-state index contributed by atoms with van der Waals surface area (Å²) in [6.45, 7) is 7.17. The number of carbonyl (C=O) groups is 4. The molecule has 0 radical (unpaired) electrons. The van der Waals surface area contributed by atoms with Crippen LogP contribution in [0.25, 0.3) is 12.2 Å². The quantitative estimate of drug-likeness (QED) is 0.188. The van der Waals surface area contributed by atoms with Crippen LogP contribution in [0.15, 0.2) is 78.9 Å². The van der Waals surface area contributed by atoms with Gasteiger partial charge in [0.25, 0.3) is 5.91 Å². The molecule has 2 N–H and O–H groups in total. The van der Waals surface area contributed by atoms with Gasteiger partial charge < -0.3 is 15.3 Å². The molecule has 1 aliphatic heterocycles. The summed E-state index contributed by atoms with van der Waals surface area (Å²) in [5.41, 5.74) is 1.90. The van der Waals surface area contributed by atoms with E-state index in [2.05, 4.69) is 5.32 Å². The molecular formula is C35H38FN3O5. The van der Waals surface area contributed by atoms with Crippen molar-refractivity contribution < 1.29 is 28.7 Å². The standard InChI is InChI=1S/C35H38FN3O5/c1-23(2)19-30(32(42)37-29(21-31(40)41)27-11-8-12-28(36)20-27)39-33(43)35(3,4)38(34(39)44)22-26-17-15-25(16-18-26)14-13-24-9-6-5-7-10-24/h5-18,20,23,29-30H,19,21-22H2,1-4H3,(H,37,42)(H,40,41)/t29?,30-/m0/s1. The van der Waals surface area contributed by atoms with E-state index in [4.69, 9.17) is 0 Å². The smallest absolute Gasteiger partial charge is 0.328 e. The van der Waals surface area contributed by atoms with Gasteiger partial charge in [0.15, 0.2) is 0 Å². The van der Waals surface area contributed by atoms with Crippen molar-refractivity contribution in [2.75, 3.05) is 0 Å². The van der Waals surface area contributed by atoms with Crippen LogP contribution in [0.5, 0.6) is 0 Å². The van der Waals surface area contributed by atoms with Crippen molar-refractivity contribution in [3.05, 3.63) is 107 Å². The maximum Gasteiger partial charge on any atom is 0.328 e. The molecule has 0 aromatic heterocycles. The number of carboxylic acids is 1. The number of hydrogen-bond donors (Lipinski definition) is 2. The van der Waals surface area contributed by atoms with Gasteiger partial charge in [-0.05, 0) is 60.6 Å². The fraction of sp³-hybridized carbons (Fsp3) is 0.314. The highest BCUT2D eigenvalue weighted by Crippen LogP contribution is 2.33. The van der Waals surface area contributed by atoms with Crippen molar-refractivity contribution in [2.24, 2.45) is 5.92 Å². The van der Waals surface area contributed by atoms with Crippen molar-refractivity contribution in [1.82, 2.24) is 15.1 Å². The fourth-order valence-electron chi connectivity index (χ4n) is 5.27. The molecule has 230 valence electrons. The Kier molecular flexibility index (Phi) is 9.98. The highest BCUT2D eigenvalue weighted by molar-refractivity contribution is 6.09. The molecule has 3 aromatic rings. The van der Waals surface area contributed by atoms with Gasteiger partial charge in [0.2, 0.25) is 5.91 Å². The third kappa shape index (κ3) is 7.58. The summed E-state index contributed by atoms with van der Waals surface area (Å²) in [7, 11) is 0. The molecule has 0 bridgehead atoms. The average Bonchev–Trinajstić information content (AvgIpc) is 3.14. The Labute approximate surface area is 257 Å². The van der Waals surface area contributed by atoms with E-state index >= 15 is 0 Å². The third-order valence-corrected chi connectivity index (χ3v) is 7.70. The van der Waals surface area contributed by atoms with Crippen molar-refractivity contribution in [3.63, 3.8) is 0 Å². The molecule has 1 heterocycles. The van der Waals surface area contributed by atoms with E-state index in [0.29, 0.717) is 0 Å². The minimum Gasteiger partial charge on any atom is -0.481 e. The van der Waals surface area contributed by atoms with Crippen LogP contribution in [-0.2, 0) is 20.9 Å². The number of carbonyl (C=O) groups excluding carboxylic acids is 3. The lowest BCUT2D eigenvalue weighted by Crippen LogP contribution is -2.52. The van der Waals surface area contributed by atoms with Crippen LogP contribution < -0.4 is 5.32 Å². The number of carboxylic acid groups (broad SMARTS) is 1. The number of benzene rings is 3. The SMILES string of the molecule is CC(C)C[C@@H](C(=O)NC(CC(=O)O)c1cccc(F)c1)N1C(=O)N(Cc2ccc(C=Cc3ccccc3)cc2)C(C)(C)C1=O. The molecule has 9 heteroatoms. The molecule has 8 nitrogen and oxygen atoms in total. The number of imide groups is 1. The Hall–Kier alpha value is -4.79. The van der Waals surface area contributed by atoms with Crippen LogP contribution in [-0.4, -0.2) is 50.3 Å². The number of nitrogens with one attached hydrogen (secondary N) is 1. The monoisotopic (exact) mass is 599 g/mol. The van der Waals surface area contributed by atoms with E-state index < -0.39 is 53.7 Å². The minimum atomic E-state index is -1.23. The Balaban J connectivity index is 1.55. The number of nitrogens with zero attached hydrogens (tertiary/aromatic N) is 2. The minimum absolute atomic E-state index is 0.0768. The van der Waals surface area contributed by atoms with Gasteiger partial charge in [-0.3, -0.25) is 14.4 Å². The Morgan fingerprint density at radius 1 is 0.932 bits per heavy atom. The molecule has 4 amide bonds. The fourth-order valence-corrected chi connectivity index (χ4v) is 5.27. The molecule has 0 saturated carbocycles. The molecule has 1 fully saturated rings. The first kappa shape index (κ1) is 32.1. The number of rotatable bonds is 12. The second-order valence-corrected chi connectivity index (χ2v) is 11.9. The van der Waals surface area contributed by atoms with E-state index in [1.54, 1.807) is 13.8 Å². The molecule has 0 aliphatic carbocycles. The lowest BCUT2D eigenvalue weighted by molar-refractivity contribution is -0.140. The summed E-state index contributed by atoms with van der Waals surface area (Å²) < 4.78 is 14.0. The number of hydrogen-bond acceptors (Lipinski definition) is 4. The zero-order valence-corrected chi connectivity index (χ0v) is 25.4. The van der Waals surface area contributed by atoms with Crippen LogP contribution in [0.1, 0.15) is 68.8 Å². The topological polar surface area (TPSA) is 107 Å². The summed E-state index contributed by atoms with van der Waals surface area (Å²) in [6, 6.07) is 20.1. The van der Waals surface area contributed by atoms with Gasteiger partial charge in [-0.1, -0.05) is 92.7 Å². The Bertz CT molecular complexity index is 1540. The van der Waals surface area contributed by atoms with E-state index in [0.717, 1.165) is 27.7 Å². The molecule has 1 unspecified atom stereocenters. The van der Waals surface area contributed by atoms with Crippen molar-refractivity contribution in [1.29, 1.82) is 0 Å². The summed E-state index contributed by atoms with van der Waals surface area (Å²) in [5, 5.41) is 12.2. The molecular weight excluding hydrogens is 561 g/mol. The summed E-state index contributed by atoms with van der Waals surface area (Å²) in [4.78, 5) is 55.4. The Morgan fingerprint density at radius 3 is 2.16 bits per heavy atom. The lowest BCUT2D eigenvalue weighted by Gasteiger charge is -2.29. The molecule has 44 heavy (non-hydrogen) atoms. The first-order valence-electron chi connectivity index (χ1n) is 14.6. The molecule has 3 aromatic carbocycles. The molecule has 4 rings (SSSR count). The zero-order valence-electron chi connectivity index (χ0n) is 25.4. The van der Waals surface area contributed by atoms with Gasteiger partial charge in [-0.2, -0.15) is 0 Å². The van der Waals surface area contributed by atoms with Gasteiger partial charge >= 0.3 is 12.0 Å². The summed E-state index contributed by atoms with van der Waals surface area (Å²) in [6.07, 6.45) is 3.66. The van der Waals surface area contributed by atoms with E-state index in [1.807, 2.05) is 80.6 Å². The first-order chi connectivity index (χ1) is 20.9. The number of halogens is 1. The lowest BCUT2D eigenvalue weighted by atomic mass is 9.98.